The lowest BCUT2D eigenvalue weighted by Crippen LogP contribution is -2.31. The first-order valence-electron chi connectivity index (χ1n) is 8.59. The number of hydrogen-bond donors (Lipinski definition) is 1. The molecule has 1 heterocycles. The molecule has 0 bridgehead atoms. The van der Waals surface area contributed by atoms with Crippen molar-refractivity contribution in [2.24, 2.45) is 0 Å². The molecule has 1 atom stereocenters. The lowest BCUT2D eigenvalue weighted by Gasteiger charge is -2.14. The van der Waals surface area contributed by atoms with Gasteiger partial charge in [0.15, 0.2) is 12.3 Å². The predicted molar refractivity (Wildman–Crippen MR) is 100.0 cm³/mol. The van der Waals surface area contributed by atoms with Crippen LogP contribution >= 0.6 is 0 Å². The number of nitrogens with zero attached hydrogens (tertiary/aromatic N) is 1. The number of carbonyl (C=O) groups excluding carboxylic acids is 2. The molecule has 0 unspecified atom stereocenters. The van der Waals surface area contributed by atoms with Gasteiger partial charge in [0.1, 0.15) is 5.76 Å². The molecule has 27 heavy (non-hydrogen) atoms. The van der Waals surface area contributed by atoms with E-state index in [0.717, 1.165) is 11.1 Å². The minimum absolute atomic E-state index is 0.0674. The average Bonchev–Trinajstić information content (AvgIpc) is 3.09. The Morgan fingerprint density at radius 1 is 1.07 bits per heavy atom. The van der Waals surface area contributed by atoms with E-state index in [4.69, 9.17) is 9.15 Å². The number of hydrogen-bond acceptors (Lipinski definition) is 5. The molecule has 0 aliphatic rings. The Hall–Kier alpha value is -3.41. The van der Waals surface area contributed by atoms with Crippen molar-refractivity contribution in [1.82, 2.24) is 10.3 Å². The minimum atomic E-state index is -0.694. The van der Waals surface area contributed by atoms with Crippen LogP contribution in [0.15, 0.2) is 65.1 Å². The number of benzene rings is 2. The molecule has 1 amide bonds. The summed E-state index contributed by atoms with van der Waals surface area (Å²) in [5, 5.41) is 2.79. The lowest BCUT2D eigenvalue weighted by atomic mass is 10.1. The third-order valence-corrected chi connectivity index (χ3v) is 4.02. The largest absolute Gasteiger partial charge is 0.451 e. The van der Waals surface area contributed by atoms with Crippen LogP contribution in [0.25, 0.3) is 11.5 Å². The molecule has 0 saturated carbocycles. The van der Waals surface area contributed by atoms with Gasteiger partial charge in [-0.25, -0.2) is 9.78 Å². The maximum atomic E-state index is 12.2. The maximum absolute atomic E-state index is 12.2. The van der Waals surface area contributed by atoms with Crippen LogP contribution in [0, 0.1) is 6.92 Å². The van der Waals surface area contributed by atoms with Crippen molar-refractivity contribution < 1.29 is 18.7 Å². The Kier molecular flexibility index (Phi) is 5.66. The summed E-state index contributed by atoms with van der Waals surface area (Å²) in [6, 6.07) is 18.6. The summed E-state index contributed by atoms with van der Waals surface area (Å²) >= 11 is 0. The van der Waals surface area contributed by atoms with Crippen LogP contribution in [0.5, 0.6) is 0 Å². The van der Waals surface area contributed by atoms with Gasteiger partial charge in [-0.1, -0.05) is 48.5 Å². The molecule has 1 aromatic heterocycles. The molecule has 138 valence electrons. The minimum Gasteiger partial charge on any atom is -0.451 e. The van der Waals surface area contributed by atoms with Crippen molar-refractivity contribution in [3.8, 4) is 11.5 Å². The summed E-state index contributed by atoms with van der Waals surface area (Å²) in [6.45, 7) is 3.11. The van der Waals surface area contributed by atoms with Gasteiger partial charge in [-0.3, -0.25) is 4.79 Å². The van der Waals surface area contributed by atoms with Crippen molar-refractivity contribution in [1.29, 1.82) is 0 Å². The number of aromatic nitrogens is 1. The zero-order valence-corrected chi connectivity index (χ0v) is 15.1. The van der Waals surface area contributed by atoms with E-state index < -0.39 is 5.97 Å². The van der Waals surface area contributed by atoms with Gasteiger partial charge in [0, 0.05) is 5.56 Å². The normalized spacial score (nSPS) is 11.6. The van der Waals surface area contributed by atoms with Gasteiger partial charge in [0.25, 0.3) is 5.91 Å². The van der Waals surface area contributed by atoms with Gasteiger partial charge in [-0.15, -0.1) is 0 Å². The van der Waals surface area contributed by atoms with Gasteiger partial charge in [0.2, 0.25) is 5.89 Å². The standard InChI is InChI=1S/C21H20N2O4/c1-14(16-9-5-3-6-10-16)22-18(24)13-26-21(25)19-15(2)27-20(23-19)17-11-7-4-8-12-17/h3-12,14H,13H2,1-2H3,(H,22,24)/t14-/m1/s1. The number of esters is 1. The smallest absolute Gasteiger partial charge is 0.361 e. The van der Waals surface area contributed by atoms with Gasteiger partial charge in [-0.05, 0) is 31.5 Å². The molecule has 0 aliphatic heterocycles. The molecule has 0 spiro atoms. The van der Waals surface area contributed by atoms with Crippen molar-refractivity contribution in [2.75, 3.05) is 6.61 Å². The lowest BCUT2D eigenvalue weighted by molar-refractivity contribution is -0.124. The van der Waals surface area contributed by atoms with Crippen LogP contribution < -0.4 is 5.32 Å². The SMILES string of the molecule is Cc1oc(-c2ccccc2)nc1C(=O)OCC(=O)N[C@H](C)c1ccccc1. The monoisotopic (exact) mass is 364 g/mol. The number of amides is 1. The molecular weight excluding hydrogens is 344 g/mol. The van der Waals surface area contributed by atoms with E-state index in [0.29, 0.717) is 11.7 Å². The number of aryl methyl sites for hydroxylation is 1. The van der Waals surface area contributed by atoms with E-state index >= 15 is 0 Å². The quantitative estimate of drug-likeness (QED) is 0.675. The second-order valence-electron chi connectivity index (χ2n) is 6.07. The number of carbonyl (C=O) groups is 2. The summed E-state index contributed by atoms with van der Waals surface area (Å²) in [5.74, 6) is -0.399. The molecular formula is C21H20N2O4. The molecule has 3 aromatic rings. The van der Waals surface area contributed by atoms with Gasteiger partial charge in [-0.2, -0.15) is 0 Å². The van der Waals surface area contributed by atoms with Crippen molar-refractivity contribution in [2.45, 2.75) is 19.9 Å². The first kappa shape index (κ1) is 18.4. The van der Waals surface area contributed by atoms with Crippen LogP contribution in [0.1, 0.15) is 34.8 Å². The fraction of sp³-hybridized carbons (Fsp3) is 0.190. The summed E-state index contributed by atoms with van der Waals surface area (Å²) in [7, 11) is 0. The topological polar surface area (TPSA) is 81.4 Å². The van der Waals surface area contributed by atoms with Gasteiger partial charge in [0.05, 0.1) is 6.04 Å². The third kappa shape index (κ3) is 4.61. The average molecular weight is 364 g/mol. The maximum Gasteiger partial charge on any atom is 0.361 e. The fourth-order valence-corrected chi connectivity index (χ4v) is 2.60. The molecule has 1 N–H and O–H groups in total. The molecule has 0 fully saturated rings. The zero-order valence-electron chi connectivity index (χ0n) is 15.1. The van der Waals surface area contributed by atoms with Crippen LogP contribution in [-0.4, -0.2) is 23.5 Å². The van der Waals surface area contributed by atoms with Gasteiger partial charge < -0.3 is 14.5 Å². The van der Waals surface area contributed by atoms with Gasteiger partial charge >= 0.3 is 5.97 Å². The molecule has 6 nitrogen and oxygen atoms in total. The highest BCUT2D eigenvalue weighted by molar-refractivity contribution is 5.91. The number of oxazole rings is 1. The second kappa shape index (κ2) is 8.31. The Morgan fingerprint density at radius 3 is 2.37 bits per heavy atom. The number of nitrogens with one attached hydrogen (secondary N) is 1. The Bertz CT molecular complexity index is 920. The zero-order chi connectivity index (χ0) is 19.2. The van der Waals surface area contributed by atoms with Crippen molar-refractivity contribution in [3.63, 3.8) is 0 Å². The van der Waals surface area contributed by atoms with E-state index in [1.54, 1.807) is 6.92 Å². The molecule has 3 rings (SSSR count). The Morgan fingerprint density at radius 2 is 1.70 bits per heavy atom. The van der Waals surface area contributed by atoms with Crippen LogP contribution in [0.3, 0.4) is 0 Å². The van der Waals surface area contributed by atoms with E-state index in [9.17, 15) is 9.59 Å². The van der Waals surface area contributed by atoms with Crippen LogP contribution in [0.2, 0.25) is 0 Å². The molecule has 6 heteroatoms. The highest BCUT2D eigenvalue weighted by atomic mass is 16.5. The summed E-state index contributed by atoms with van der Waals surface area (Å²) in [4.78, 5) is 28.5. The van der Waals surface area contributed by atoms with E-state index in [2.05, 4.69) is 10.3 Å². The van der Waals surface area contributed by atoms with Crippen molar-refractivity contribution >= 4 is 11.9 Å². The van der Waals surface area contributed by atoms with E-state index in [-0.39, 0.29) is 24.2 Å². The third-order valence-electron chi connectivity index (χ3n) is 4.02. The molecule has 0 aliphatic carbocycles. The second-order valence-corrected chi connectivity index (χ2v) is 6.07. The molecule has 2 aromatic carbocycles. The Labute approximate surface area is 157 Å². The summed E-state index contributed by atoms with van der Waals surface area (Å²) in [6.07, 6.45) is 0. The summed E-state index contributed by atoms with van der Waals surface area (Å²) < 4.78 is 10.6. The fourth-order valence-electron chi connectivity index (χ4n) is 2.60. The summed E-state index contributed by atoms with van der Waals surface area (Å²) in [5.41, 5.74) is 1.80. The van der Waals surface area contributed by atoms with Crippen molar-refractivity contribution in [3.05, 3.63) is 77.7 Å². The first-order valence-corrected chi connectivity index (χ1v) is 8.59. The Balaban J connectivity index is 1.58. The number of ether oxygens (including phenoxy) is 1. The van der Waals surface area contributed by atoms with Crippen LogP contribution in [-0.2, 0) is 9.53 Å². The molecule has 0 radical (unpaired) electrons. The number of rotatable bonds is 6. The predicted octanol–water partition coefficient (Wildman–Crippen LogP) is 3.68. The van der Waals surface area contributed by atoms with E-state index in [1.165, 1.54) is 0 Å². The molecule has 0 saturated heterocycles. The van der Waals surface area contributed by atoms with Crippen LogP contribution in [0.4, 0.5) is 0 Å². The van der Waals surface area contributed by atoms with E-state index in [1.807, 2.05) is 67.6 Å². The first-order chi connectivity index (χ1) is 13.0. The highest BCUT2D eigenvalue weighted by Gasteiger charge is 2.20. The highest BCUT2D eigenvalue weighted by Crippen LogP contribution is 2.21.